The monoisotopic (exact) mass is 357 g/mol. The van der Waals surface area contributed by atoms with Crippen LogP contribution in [0.3, 0.4) is 0 Å². The summed E-state index contributed by atoms with van der Waals surface area (Å²) >= 11 is 1.58. The summed E-state index contributed by atoms with van der Waals surface area (Å²) in [6.45, 7) is 1.58. The van der Waals surface area contributed by atoms with Gasteiger partial charge in [0.25, 0.3) is 5.91 Å². The number of hydrogen-bond acceptors (Lipinski definition) is 5. The van der Waals surface area contributed by atoms with Crippen molar-refractivity contribution in [2.75, 3.05) is 11.9 Å². The van der Waals surface area contributed by atoms with Crippen LogP contribution in [0.15, 0.2) is 35.7 Å². The topological polar surface area (TPSA) is 72.5 Å². The van der Waals surface area contributed by atoms with E-state index in [0.29, 0.717) is 12.1 Å². The summed E-state index contributed by atoms with van der Waals surface area (Å²) in [4.78, 5) is 37.3. The molecule has 0 saturated carbocycles. The number of ether oxygens (including phenoxy) is 1. The fraction of sp³-hybridized carbons (Fsp3) is 0.316. The highest BCUT2D eigenvalue weighted by molar-refractivity contribution is 7.10. The van der Waals surface area contributed by atoms with E-state index in [2.05, 4.69) is 5.32 Å². The average molecular weight is 357 g/mol. The molecule has 1 atom stereocenters. The normalized spacial score (nSPS) is 16.2. The zero-order chi connectivity index (χ0) is 17.8. The highest BCUT2D eigenvalue weighted by Crippen LogP contribution is 2.31. The molecule has 1 aliphatic rings. The Balaban J connectivity index is 1.47. The molecule has 130 valence electrons. The second-order valence-corrected chi connectivity index (χ2v) is 7.14. The number of hydrogen-bond donors (Lipinski definition) is 1. The molecule has 0 saturated heterocycles. The van der Waals surface area contributed by atoms with Crippen LogP contribution in [0, 0.1) is 12.8 Å². The first-order chi connectivity index (χ1) is 12.0. The van der Waals surface area contributed by atoms with Crippen molar-refractivity contribution in [2.24, 2.45) is 5.92 Å². The van der Waals surface area contributed by atoms with E-state index in [4.69, 9.17) is 4.74 Å². The third-order valence-electron chi connectivity index (χ3n) is 4.18. The van der Waals surface area contributed by atoms with Crippen molar-refractivity contribution >= 4 is 34.7 Å². The van der Waals surface area contributed by atoms with Crippen LogP contribution in [0.1, 0.15) is 33.6 Å². The minimum Gasteiger partial charge on any atom is -0.456 e. The lowest BCUT2D eigenvalue weighted by Crippen LogP contribution is -2.26. The van der Waals surface area contributed by atoms with Crippen LogP contribution in [0.2, 0.25) is 0 Å². The number of nitrogens with one attached hydrogen (secondary N) is 1. The van der Waals surface area contributed by atoms with Crippen LogP contribution < -0.4 is 5.32 Å². The van der Waals surface area contributed by atoms with Gasteiger partial charge in [-0.15, -0.1) is 11.3 Å². The molecule has 6 heteroatoms. The van der Waals surface area contributed by atoms with Gasteiger partial charge in [-0.25, -0.2) is 0 Å². The van der Waals surface area contributed by atoms with Gasteiger partial charge in [0.15, 0.2) is 12.4 Å². The number of carbonyl (C=O) groups excluding carboxylic acids is 3. The SMILES string of the molecule is Cc1cccc(NC(=O)COC(=O)CC2CCc3sccc3C2=O)c1. The molecule has 1 amide bonds. The maximum Gasteiger partial charge on any atom is 0.307 e. The van der Waals surface area contributed by atoms with Gasteiger partial charge in [-0.3, -0.25) is 14.4 Å². The minimum absolute atomic E-state index is 0.00339. The molecule has 5 nitrogen and oxygen atoms in total. The van der Waals surface area contributed by atoms with Crippen molar-refractivity contribution in [3.05, 3.63) is 51.7 Å². The van der Waals surface area contributed by atoms with Gasteiger partial charge < -0.3 is 10.1 Å². The highest BCUT2D eigenvalue weighted by Gasteiger charge is 2.30. The van der Waals surface area contributed by atoms with Gasteiger partial charge in [0.05, 0.1) is 6.42 Å². The van der Waals surface area contributed by atoms with Crippen LogP contribution in [0.4, 0.5) is 5.69 Å². The number of Topliss-reactive ketones (excluding diaryl/α,β-unsaturated/α-hetero) is 1. The first kappa shape index (κ1) is 17.4. The van der Waals surface area contributed by atoms with E-state index in [0.717, 1.165) is 22.4 Å². The fourth-order valence-electron chi connectivity index (χ4n) is 2.93. The van der Waals surface area contributed by atoms with Crippen LogP contribution in [0.25, 0.3) is 0 Å². The third-order valence-corrected chi connectivity index (χ3v) is 5.16. The number of thiophene rings is 1. The van der Waals surface area contributed by atoms with Gasteiger partial charge in [0.2, 0.25) is 0 Å². The Morgan fingerprint density at radius 2 is 2.16 bits per heavy atom. The first-order valence-corrected chi connectivity index (χ1v) is 9.03. The van der Waals surface area contributed by atoms with E-state index < -0.39 is 11.9 Å². The molecule has 1 unspecified atom stereocenters. The lowest BCUT2D eigenvalue weighted by atomic mass is 9.85. The summed E-state index contributed by atoms with van der Waals surface area (Å²) in [5.74, 6) is -1.26. The molecule has 0 spiro atoms. The molecule has 0 aliphatic heterocycles. The quantitative estimate of drug-likeness (QED) is 0.833. The molecule has 25 heavy (non-hydrogen) atoms. The van der Waals surface area contributed by atoms with Gasteiger partial charge in [-0.2, -0.15) is 0 Å². The van der Waals surface area contributed by atoms with Crippen LogP contribution in [0.5, 0.6) is 0 Å². The minimum atomic E-state index is -0.517. The zero-order valence-corrected chi connectivity index (χ0v) is 14.7. The number of amides is 1. The molecule has 1 aromatic heterocycles. The maximum absolute atomic E-state index is 12.3. The van der Waals surface area contributed by atoms with E-state index >= 15 is 0 Å². The molecule has 1 aliphatic carbocycles. The zero-order valence-electron chi connectivity index (χ0n) is 13.9. The van der Waals surface area contributed by atoms with E-state index in [-0.39, 0.29) is 24.7 Å². The number of ketones is 1. The molecule has 0 radical (unpaired) electrons. The Hall–Kier alpha value is -2.47. The molecule has 0 bridgehead atoms. The summed E-state index contributed by atoms with van der Waals surface area (Å²) in [6, 6.07) is 9.18. The van der Waals surface area contributed by atoms with Crippen molar-refractivity contribution < 1.29 is 19.1 Å². The summed E-state index contributed by atoms with van der Waals surface area (Å²) in [6.07, 6.45) is 1.48. The van der Waals surface area contributed by atoms with Gasteiger partial charge in [-0.05, 0) is 48.9 Å². The van der Waals surface area contributed by atoms with Crippen molar-refractivity contribution in [3.63, 3.8) is 0 Å². The summed E-state index contributed by atoms with van der Waals surface area (Å²) in [5.41, 5.74) is 2.41. The number of esters is 1. The molecule has 1 N–H and O–H groups in total. The summed E-state index contributed by atoms with van der Waals surface area (Å²) in [7, 11) is 0. The molecule has 2 aromatic rings. The molecule has 0 fully saturated rings. The summed E-state index contributed by atoms with van der Waals surface area (Å²) in [5, 5.41) is 4.58. The molecule has 3 rings (SSSR count). The Bertz CT molecular complexity index is 811. The number of anilines is 1. The second kappa shape index (κ2) is 7.61. The second-order valence-electron chi connectivity index (χ2n) is 6.14. The highest BCUT2D eigenvalue weighted by atomic mass is 32.1. The Morgan fingerprint density at radius 1 is 1.32 bits per heavy atom. The van der Waals surface area contributed by atoms with Crippen LogP contribution in [-0.4, -0.2) is 24.3 Å². The Kier molecular flexibility index (Phi) is 5.28. The van der Waals surface area contributed by atoms with Gasteiger partial charge in [0.1, 0.15) is 0 Å². The average Bonchev–Trinajstić information content (AvgIpc) is 3.05. The van der Waals surface area contributed by atoms with Crippen molar-refractivity contribution in [3.8, 4) is 0 Å². The number of fused-ring (bicyclic) bond motifs is 1. The third kappa shape index (κ3) is 4.33. The number of rotatable bonds is 5. The van der Waals surface area contributed by atoms with Gasteiger partial charge in [0, 0.05) is 22.0 Å². The Morgan fingerprint density at radius 3 is 2.96 bits per heavy atom. The van der Waals surface area contributed by atoms with Gasteiger partial charge >= 0.3 is 5.97 Å². The smallest absolute Gasteiger partial charge is 0.307 e. The molecule has 1 heterocycles. The van der Waals surface area contributed by atoms with E-state index in [1.165, 1.54) is 0 Å². The number of aryl methyl sites for hydroxylation is 2. The first-order valence-electron chi connectivity index (χ1n) is 8.15. The van der Waals surface area contributed by atoms with Crippen molar-refractivity contribution in [2.45, 2.75) is 26.2 Å². The van der Waals surface area contributed by atoms with Crippen molar-refractivity contribution in [1.82, 2.24) is 0 Å². The molecular weight excluding hydrogens is 338 g/mol. The van der Waals surface area contributed by atoms with Crippen LogP contribution >= 0.6 is 11.3 Å². The van der Waals surface area contributed by atoms with Crippen molar-refractivity contribution in [1.29, 1.82) is 0 Å². The van der Waals surface area contributed by atoms with Crippen LogP contribution in [-0.2, 0) is 20.7 Å². The van der Waals surface area contributed by atoms with E-state index in [1.807, 2.05) is 36.6 Å². The predicted molar refractivity (Wildman–Crippen MR) is 95.8 cm³/mol. The van der Waals surface area contributed by atoms with E-state index in [1.54, 1.807) is 17.4 Å². The maximum atomic E-state index is 12.3. The fourth-order valence-corrected chi connectivity index (χ4v) is 3.83. The lowest BCUT2D eigenvalue weighted by molar-refractivity contribution is -0.148. The standard InChI is InChI=1S/C19H19NO4S/c1-12-3-2-4-14(9-12)20-17(21)11-24-18(22)10-13-5-6-16-15(19(13)23)7-8-25-16/h2-4,7-9,13H,5-6,10-11H2,1H3,(H,20,21). The Labute approximate surface area is 150 Å². The number of benzene rings is 1. The molecular formula is C19H19NO4S. The largest absolute Gasteiger partial charge is 0.456 e. The predicted octanol–water partition coefficient (Wildman–Crippen LogP) is 3.37. The lowest BCUT2D eigenvalue weighted by Gasteiger charge is -2.19. The molecule has 1 aromatic carbocycles. The summed E-state index contributed by atoms with van der Waals surface area (Å²) < 4.78 is 5.03. The van der Waals surface area contributed by atoms with E-state index in [9.17, 15) is 14.4 Å². The van der Waals surface area contributed by atoms with Gasteiger partial charge in [-0.1, -0.05) is 12.1 Å². The number of carbonyl (C=O) groups is 3.